The van der Waals surface area contributed by atoms with Crippen LogP contribution >= 0.6 is 0 Å². The Hall–Kier alpha value is -3.00. The maximum atomic E-state index is 13.0. The van der Waals surface area contributed by atoms with Gasteiger partial charge in [-0.1, -0.05) is 44.5 Å². The van der Waals surface area contributed by atoms with Gasteiger partial charge in [-0.15, -0.1) is 0 Å². The number of nitrogens with one attached hydrogen (secondary N) is 2. The minimum atomic E-state index is -0.818. The predicted octanol–water partition coefficient (Wildman–Crippen LogP) is 2.17. The van der Waals surface area contributed by atoms with E-state index in [1.165, 1.54) is 6.92 Å². The minimum absolute atomic E-state index is 0.107. The summed E-state index contributed by atoms with van der Waals surface area (Å²) in [6.45, 7) is 5.52. The zero-order valence-electron chi connectivity index (χ0n) is 17.4. The molecule has 2 aromatic rings. The Morgan fingerprint density at radius 3 is 2.73 bits per heavy atom. The highest BCUT2D eigenvalue weighted by atomic mass is 16.7. The second-order valence-corrected chi connectivity index (χ2v) is 7.48. The summed E-state index contributed by atoms with van der Waals surface area (Å²) in [5.41, 5.74) is 0.957. The summed E-state index contributed by atoms with van der Waals surface area (Å²) in [7, 11) is 0. The molecule has 30 heavy (non-hydrogen) atoms. The molecule has 2 N–H and O–H groups in total. The fourth-order valence-corrected chi connectivity index (χ4v) is 3.37. The molecule has 0 bridgehead atoms. The second-order valence-electron chi connectivity index (χ2n) is 7.48. The van der Waals surface area contributed by atoms with E-state index in [4.69, 9.17) is 9.47 Å². The number of carbonyl (C=O) groups is 3. The Balaban J connectivity index is 1.72. The van der Waals surface area contributed by atoms with E-state index >= 15 is 0 Å². The first-order valence-electron chi connectivity index (χ1n) is 10.1. The van der Waals surface area contributed by atoms with Crippen molar-refractivity contribution in [3.8, 4) is 0 Å². The first-order valence-corrected chi connectivity index (χ1v) is 10.1. The molecule has 0 spiro atoms. The van der Waals surface area contributed by atoms with E-state index in [0.29, 0.717) is 25.0 Å². The van der Waals surface area contributed by atoms with E-state index in [9.17, 15) is 14.4 Å². The lowest BCUT2D eigenvalue weighted by Gasteiger charge is -2.26. The summed E-state index contributed by atoms with van der Waals surface area (Å²) in [5.74, 6) is -1.34. The third kappa shape index (κ3) is 5.13. The highest BCUT2D eigenvalue weighted by molar-refractivity contribution is 5.98. The molecular formula is C22H27N3O5. The average Bonchev–Trinajstić information content (AvgIpc) is 3.16. The maximum absolute atomic E-state index is 13.0. The average molecular weight is 413 g/mol. The monoisotopic (exact) mass is 413 g/mol. The number of benzene rings is 1. The van der Waals surface area contributed by atoms with Gasteiger partial charge in [0.25, 0.3) is 5.91 Å². The van der Waals surface area contributed by atoms with Crippen molar-refractivity contribution in [3.63, 3.8) is 0 Å². The van der Waals surface area contributed by atoms with Gasteiger partial charge in [0.2, 0.25) is 12.2 Å². The zero-order chi connectivity index (χ0) is 21.7. The first-order chi connectivity index (χ1) is 14.4. The molecule has 0 saturated carbocycles. The molecule has 160 valence electrons. The lowest BCUT2D eigenvalue weighted by Crippen LogP contribution is -2.54. The quantitative estimate of drug-likeness (QED) is 0.674. The summed E-state index contributed by atoms with van der Waals surface area (Å²) in [6.07, 6.45) is 0.400. The Morgan fingerprint density at radius 1 is 1.23 bits per heavy atom. The summed E-state index contributed by atoms with van der Waals surface area (Å²) < 4.78 is 10.5. The maximum Gasteiger partial charge on any atom is 0.305 e. The molecule has 2 heterocycles. The van der Waals surface area contributed by atoms with Gasteiger partial charge in [-0.2, -0.15) is 0 Å². The van der Waals surface area contributed by atoms with Gasteiger partial charge in [0.15, 0.2) is 0 Å². The number of esters is 1. The molecular weight excluding hydrogens is 386 g/mol. The van der Waals surface area contributed by atoms with Gasteiger partial charge < -0.3 is 20.1 Å². The summed E-state index contributed by atoms with van der Waals surface area (Å²) in [4.78, 5) is 41.4. The normalized spacial score (nSPS) is 20.4. The van der Waals surface area contributed by atoms with Crippen LogP contribution in [-0.4, -0.2) is 47.7 Å². The van der Waals surface area contributed by atoms with Gasteiger partial charge in [0, 0.05) is 12.3 Å². The number of hydrogen-bond acceptors (Lipinski definition) is 6. The van der Waals surface area contributed by atoms with Crippen molar-refractivity contribution in [3.05, 3.63) is 42.1 Å². The molecule has 1 fully saturated rings. The zero-order valence-corrected chi connectivity index (χ0v) is 17.4. The van der Waals surface area contributed by atoms with Crippen LogP contribution in [0.4, 0.5) is 0 Å². The fourth-order valence-electron chi connectivity index (χ4n) is 3.37. The van der Waals surface area contributed by atoms with Crippen molar-refractivity contribution < 1.29 is 23.9 Å². The number of hydrogen-bond donors (Lipinski definition) is 2. The Bertz CT molecular complexity index is 932. The number of ether oxygens (including phenoxy) is 2. The van der Waals surface area contributed by atoms with Crippen molar-refractivity contribution in [2.45, 2.75) is 52.0 Å². The molecule has 1 unspecified atom stereocenters. The van der Waals surface area contributed by atoms with Crippen molar-refractivity contribution >= 4 is 28.7 Å². The van der Waals surface area contributed by atoms with Crippen LogP contribution in [0.1, 0.15) is 44.1 Å². The molecule has 1 aliphatic heterocycles. The lowest BCUT2D eigenvalue weighted by atomic mass is 9.97. The molecule has 8 nitrogen and oxygen atoms in total. The van der Waals surface area contributed by atoms with Crippen molar-refractivity contribution in [1.82, 2.24) is 15.6 Å². The van der Waals surface area contributed by atoms with Crippen molar-refractivity contribution in [2.24, 2.45) is 5.92 Å². The van der Waals surface area contributed by atoms with Crippen molar-refractivity contribution in [2.75, 3.05) is 6.61 Å². The van der Waals surface area contributed by atoms with Crippen molar-refractivity contribution in [1.29, 1.82) is 0 Å². The minimum Gasteiger partial charge on any atom is -0.434 e. The smallest absolute Gasteiger partial charge is 0.305 e. The Kier molecular flexibility index (Phi) is 6.99. The van der Waals surface area contributed by atoms with E-state index in [2.05, 4.69) is 15.6 Å². The molecule has 0 radical (unpaired) electrons. The van der Waals surface area contributed by atoms with E-state index in [0.717, 1.165) is 5.39 Å². The molecule has 2 amide bonds. The highest BCUT2D eigenvalue weighted by Gasteiger charge is 2.35. The van der Waals surface area contributed by atoms with E-state index in [1.807, 2.05) is 44.2 Å². The molecule has 1 saturated heterocycles. The van der Waals surface area contributed by atoms with Crippen LogP contribution in [-0.2, 0) is 19.1 Å². The SMILES string of the molecule is CCC(C)[C@H](NC(=O)c1ccc2ccccc2n1)C(=O)N[C@H]1CCO[C@H]1OC(C)=O. The molecule has 1 aliphatic rings. The highest BCUT2D eigenvalue weighted by Crippen LogP contribution is 2.17. The Morgan fingerprint density at radius 2 is 2.00 bits per heavy atom. The summed E-state index contributed by atoms with van der Waals surface area (Å²) in [5, 5.41) is 6.61. The van der Waals surface area contributed by atoms with E-state index in [1.54, 1.807) is 6.07 Å². The fraction of sp³-hybridized carbons (Fsp3) is 0.455. The van der Waals surface area contributed by atoms with Crippen LogP contribution in [0.3, 0.4) is 0 Å². The van der Waals surface area contributed by atoms with Gasteiger partial charge in [-0.25, -0.2) is 4.98 Å². The third-order valence-corrected chi connectivity index (χ3v) is 5.26. The van der Waals surface area contributed by atoms with Crippen LogP contribution in [0.15, 0.2) is 36.4 Å². The number of nitrogens with zero attached hydrogens (tertiary/aromatic N) is 1. The molecule has 1 aromatic heterocycles. The van der Waals surface area contributed by atoms with Gasteiger partial charge >= 0.3 is 5.97 Å². The summed E-state index contributed by atoms with van der Waals surface area (Å²) in [6, 6.07) is 9.78. The second kappa shape index (κ2) is 9.67. The van der Waals surface area contributed by atoms with Crippen LogP contribution in [0.2, 0.25) is 0 Å². The number of pyridine rings is 1. The van der Waals surface area contributed by atoms with Gasteiger partial charge in [0.1, 0.15) is 11.7 Å². The topological polar surface area (TPSA) is 107 Å². The van der Waals surface area contributed by atoms with Gasteiger partial charge in [-0.05, 0) is 24.5 Å². The molecule has 4 atom stereocenters. The third-order valence-electron chi connectivity index (χ3n) is 5.26. The number of rotatable bonds is 7. The van der Waals surface area contributed by atoms with Crippen LogP contribution in [0, 0.1) is 5.92 Å². The number of fused-ring (bicyclic) bond motifs is 1. The molecule has 0 aliphatic carbocycles. The van der Waals surface area contributed by atoms with Crippen LogP contribution in [0.5, 0.6) is 0 Å². The first kappa shape index (κ1) is 21.7. The number of aromatic nitrogens is 1. The van der Waals surface area contributed by atoms with Gasteiger partial charge in [0.05, 0.1) is 18.2 Å². The van der Waals surface area contributed by atoms with Crippen LogP contribution in [0.25, 0.3) is 10.9 Å². The van der Waals surface area contributed by atoms with E-state index < -0.39 is 30.3 Å². The molecule has 3 rings (SSSR count). The molecule has 1 aromatic carbocycles. The molecule has 8 heteroatoms. The number of para-hydroxylation sites is 1. The predicted molar refractivity (Wildman–Crippen MR) is 111 cm³/mol. The lowest BCUT2D eigenvalue weighted by molar-refractivity contribution is -0.171. The summed E-state index contributed by atoms with van der Waals surface area (Å²) >= 11 is 0. The standard InChI is InChI=1S/C22H27N3O5/c1-4-13(2)19(21(28)24-18-11-12-29-22(18)30-14(3)26)25-20(27)17-10-9-15-7-5-6-8-16(15)23-17/h5-10,13,18-19,22H,4,11-12H2,1-3H3,(H,24,28)(H,25,27)/t13?,18-,19-,22-/m0/s1. The van der Waals surface area contributed by atoms with E-state index in [-0.39, 0.29) is 17.5 Å². The Labute approximate surface area is 175 Å². The largest absolute Gasteiger partial charge is 0.434 e. The number of carbonyl (C=O) groups excluding carboxylic acids is 3. The number of amides is 2. The van der Waals surface area contributed by atoms with Crippen LogP contribution < -0.4 is 10.6 Å². The van der Waals surface area contributed by atoms with Gasteiger partial charge in [-0.3, -0.25) is 14.4 Å².